The summed E-state index contributed by atoms with van der Waals surface area (Å²) in [6, 6.07) is 9.48. The number of anilines is 1. The summed E-state index contributed by atoms with van der Waals surface area (Å²) in [4.78, 5) is 12.3. The molecule has 0 heterocycles. The second-order valence-corrected chi connectivity index (χ2v) is 5.89. The first-order chi connectivity index (χ1) is 12.4. The molecule has 0 aromatic heterocycles. The molecule has 0 aliphatic rings. The van der Waals surface area contributed by atoms with Crippen LogP contribution in [0.2, 0.25) is 0 Å². The SMILES string of the molecule is Cc1cc(C)cc(C(=O)Nc2ccccc2OC(F)(F)C(F)C(F)(F)F)c1. The summed E-state index contributed by atoms with van der Waals surface area (Å²) < 4.78 is 80.8. The summed E-state index contributed by atoms with van der Waals surface area (Å²) in [6.45, 7) is 3.50. The van der Waals surface area contributed by atoms with Crippen LogP contribution in [-0.4, -0.2) is 24.4 Å². The van der Waals surface area contributed by atoms with Crippen molar-refractivity contribution >= 4 is 11.6 Å². The number of alkyl halides is 6. The van der Waals surface area contributed by atoms with Gasteiger partial charge in [-0.1, -0.05) is 29.3 Å². The Labute approximate surface area is 150 Å². The second kappa shape index (κ2) is 7.50. The number of rotatable bonds is 5. The fourth-order valence-corrected chi connectivity index (χ4v) is 2.35. The van der Waals surface area contributed by atoms with E-state index in [1.54, 1.807) is 26.0 Å². The van der Waals surface area contributed by atoms with Gasteiger partial charge in [-0.2, -0.15) is 22.0 Å². The van der Waals surface area contributed by atoms with Crippen LogP contribution in [0.5, 0.6) is 5.75 Å². The standard InChI is InChI=1S/C18H15F6NO2/c1-10-7-11(2)9-12(8-10)15(26)25-13-5-3-4-6-14(13)27-18(23,24)16(19)17(20,21)22/h3-9,16H,1-2H3,(H,25,26). The van der Waals surface area contributed by atoms with E-state index in [4.69, 9.17) is 0 Å². The molecule has 1 atom stereocenters. The maximum Gasteiger partial charge on any atom is 0.439 e. The van der Waals surface area contributed by atoms with Crippen molar-refractivity contribution in [2.45, 2.75) is 32.3 Å². The molecule has 1 unspecified atom stereocenters. The topological polar surface area (TPSA) is 38.3 Å². The molecule has 27 heavy (non-hydrogen) atoms. The lowest BCUT2D eigenvalue weighted by atomic mass is 10.1. The molecule has 0 fully saturated rings. The predicted molar refractivity (Wildman–Crippen MR) is 86.8 cm³/mol. The van der Waals surface area contributed by atoms with Gasteiger partial charge in [-0.3, -0.25) is 4.79 Å². The maximum atomic E-state index is 13.5. The molecule has 0 saturated heterocycles. The number of benzene rings is 2. The first-order valence-electron chi connectivity index (χ1n) is 7.66. The zero-order valence-corrected chi connectivity index (χ0v) is 14.2. The molecule has 0 bridgehead atoms. The largest absolute Gasteiger partial charge is 0.439 e. The molecule has 3 nitrogen and oxygen atoms in total. The van der Waals surface area contributed by atoms with E-state index < -0.39 is 30.1 Å². The number of nitrogens with one attached hydrogen (secondary N) is 1. The first-order valence-corrected chi connectivity index (χ1v) is 7.66. The van der Waals surface area contributed by atoms with E-state index in [2.05, 4.69) is 10.1 Å². The Kier molecular flexibility index (Phi) is 5.72. The van der Waals surface area contributed by atoms with Gasteiger partial charge in [-0.15, -0.1) is 0 Å². The molecule has 2 rings (SSSR count). The van der Waals surface area contributed by atoms with E-state index in [1.165, 1.54) is 12.1 Å². The second-order valence-electron chi connectivity index (χ2n) is 5.89. The molecule has 1 N–H and O–H groups in total. The third-order valence-electron chi connectivity index (χ3n) is 3.45. The highest BCUT2D eigenvalue weighted by atomic mass is 19.4. The molecule has 0 spiro atoms. The molecular formula is C18H15F6NO2. The minimum Gasteiger partial charge on any atom is -0.428 e. The summed E-state index contributed by atoms with van der Waals surface area (Å²) in [7, 11) is 0. The van der Waals surface area contributed by atoms with Gasteiger partial charge in [0, 0.05) is 5.56 Å². The summed E-state index contributed by atoms with van der Waals surface area (Å²) in [5.74, 6) is -1.49. The van der Waals surface area contributed by atoms with Crippen molar-refractivity contribution in [3.05, 3.63) is 59.2 Å². The van der Waals surface area contributed by atoms with Gasteiger partial charge >= 0.3 is 12.3 Å². The number of aryl methyl sites for hydroxylation is 2. The lowest BCUT2D eigenvalue weighted by Crippen LogP contribution is -2.45. The Morgan fingerprint density at radius 2 is 1.56 bits per heavy atom. The van der Waals surface area contributed by atoms with Gasteiger partial charge in [-0.25, -0.2) is 4.39 Å². The number of carbonyl (C=O) groups is 1. The highest BCUT2D eigenvalue weighted by Gasteiger charge is 2.59. The molecule has 9 heteroatoms. The fraction of sp³-hybridized carbons (Fsp3) is 0.278. The highest BCUT2D eigenvalue weighted by Crippen LogP contribution is 2.38. The van der Waals surface area contributed by atoms with Crippen LogP contribution in [0.1, 0.15) is 21.5 Å². The molecule has 1 amide bonds. The molecule has 2 aromatic carbocycles. The van der Waals surface area contributed by atoms with Gasteiger partial charge in [0.15, 0.2) is 0 Å². The van der Waals surface area contributed by atoms with Crippen LogP contribution in [0.4, 0.5) is 32.0 Å². The van der Waals surface area contributed by atoms with Gasteiger partial charge in [0.1, 0.15) is 5.75 Å². The summed E-state index contributed by atoms with van der Waals surface area (Å²) >= 11 is 0. The first kappa shape index (κ1) is 20.6. The molecule has 146 valence electrons. The third kappa shape index (κ3) is 5.15. The average Bonchev–Trinajstić information content (AvgIpc) is 2.54. The number of hydrogen-bond donors (Lipinski definition) is 1. The van der Waals surface area contributed by atoms with Crippen LogP contribution in [-0.2, 0) is 0 Å². The normalized spacial score (nSPS) is 13.2. The minimum absolute atomic E-state index is 0.215. The number of carbonyl (C=O) groups excluding carboxylic acids is 1. The monoisotopic (exact) mass is 391 g/mol. The van der Waals surface area contributed by atoms with E-state index in [0.717, 1.165) is 23.3 Å². The van der Waals surface area contributed by atoms with Crippen molar-refractivity contribution in [2.75, 3.05) is 5.32 Å². The van der Waals surface area contributed by atoms with E-state index in [-0.39, 0.29) is 11.3 Å². The van der Waals surface area contributed by atoms with Gasteiger partial charge in [-0.05, 0) is 38.1 Å². The van der Waals surface area contributed by atoms with Crippen molar-refractivity contribution in [3.63, 3.8) is 0 Å². The lowest BCUT2D eigenvalue weighted by Gasteiger charge is -2.24. The van der Waals surface area contributed by atoms with Crippen molar-refractivity contribution in [1.82, 2.24) is 0 Å². The van der Waals surface area contributed by atoms with E-state index in [1.807, 2.05) is 6.07 Å². The van der Waals surface area contributed by atoms with Gasteiger partial charge < -0.3 is 10.1 Å². The van der Waals surface area contributed by atoms with Crippen molar-refractivity contribution in [3.8, 4) is 5.75 Å². The third-order valence-corrected chi connectivity index (χ3v) is 3.45. The number of para-hydroxylation sites is 2. The number of amides is 1. The Balaban J connectivity index is 2.26. The summed E-state index contributed by atoms with van der Waals surface area (Å²) in [6.07, 6.45) is -15.5. The van der Waals surface area contributed by atoms with Crippen LogP contribution < -0.4 is 10.1 Å². The number of hydrogen-bond acceptors (Lipinski definition) is 2. The van der Waals surface area contributed by atoms with Crippen LogP contribution in [0, 0.1) is 13.8 Å². The molecule has 0 radical (unpaired) electrons. The highest BCUT2D eigenvalue weighted by molar-refractivity contribution is 6.05. The maximum absolute atomic E-state index is 13.5. The van der Waals surface area contributed by atoms with Crippen LogP contribution in [0.25, 0.3) is 0 Å². The summed E-state index contributed by atoms with van der Waals surface area (Å²) in [5.41, 5.74) is 1.45. The molecule has 0 aliphatic carbocycles. The Morgan fingerprint density at radius 1 is 1.00 bits per heavy atom. The quantitative estimate of drug-likeness (QED) is 0.691. The Hall–Kier alpha value is -2.71. The van der Waals surface area contributed by atoms with Gasteiger partial charge in [0.2, 0.25) is 0 Å². The Morgan fingerprint density at radius 3 is 2.11 bits per heavy atom. The number of ether oxygens (including phenoxy) is 1. The average molecular weight is 391 g/mol. The molecular weight excluding hydrogens is 376 g/mol. The lowest BCUT2D eigenvalue weighted by molar-refractivity contribution is -0.304. The van der Waals surface area contributed by atoms with Gasteiger partial charge in [0.25, 0.3) is 12.1 Å². The van der Waals surface area contributed by atoms with Gasteiger partial charge in [0.05, 0.1) is 5.69 Å². The van der Waals surface area contributed by atoms with E-state index in [0.29, 0.717) is 0 Å². The molecule has 0 aliphatic heterocycles. The van der Waals surface area contributed by atoms with Crippen LogP contribution in [0.3, 0.4) is 0 Å². The van der Waals surface area contributed by atoms with Crippen molar-refractivity contribution < 1.29 is 35.9 Å². The smallest absolute Gasteiger partial charge is 0.428 e. The van der Waals surface area contributed by atoms with Crippen molar-refractivity contribution in [2.24, 2.45) is 0 Å². The fourth-order valence-electron chi connectivity index (χ4n) is 2.35. The zero-order chi connectivity index (χ0) is 20.4. The van der Waals surface area contributed by atoms with E-state index in [9.17, 15) is 31.1 Å². The Bertz CT molecular complexity index is 815. The predicted octanol–water partition coefficient (Wildman–Crippen LogP) is 5.43. The van der Waals surface area contributed by atoms with Crippen LogP contribution in [0.15, 0.2) is 42.5 Å². The molecule has 2 aromatic rings. The van der Waals surface area contributed by atoms with Crippen LogP contribution >= 0.6 is 0 Å². The number of halogens is 6. The van der Waals surface area contributed by atoms with E-state index >= 15 is 0 Å². The molecule has 0 saturated carbocycles. The zero-order valence-electron chi connectivity index (χ0n) is 14.2. The van der Waals surface area contributed by atoms with Crippen molar-refractivity contribution in [1.29, 1.82) is 0 Å². The summed E-state index contributed by atoms with van der Waals surface area (Å²) in [5, 5.41) is 2.28. The minimum atomic E-state index is -5.80.